The molecule has 2 heteroatoms. The summed E-state index contributed by atoms with van der Waals surface area (Å²) in [4.78, 5) is 0. The molecule has 0 aliphatic heterocycles. The summed E-state index contributed by atoms with van der Waals surface area (Å²) in [5, 5.41) is 3.73. The number of rotatable bonds is 15. The first-order valence-corrected chi connectivity index (χ1v) is 10.2. The largest absolute Gasteiger partial charge is 0.313 e. The van der Waals surface area contributed by atoms with Gasteiger partial charge < -0.3 is 5.32 Å². The maximum atomic E-state index is 3.73. The molecular weight excluding hydrogens is 262 g/mol. The second-order valence-corrected chi connectivity index (χ2v) is 7.57. The molecule has 0 aliphatic carbocycles. The summed E-state index contributed by atoms with van der Waals surface area (Å²) >= 11 is 2.13. The highest BCUT2D eigenvalue weighted by atomic mass is 32.2. The van der Waals surface area contributed by atoms with Crippen molar-refractivity contribution in [2.45, 2.75) is 91.5 Å². The predicted octanol–water partition coefficient (Wildman–Crippen LogP) is 5.88. The number of hydrogen-bond donors (Lipinski definition) is 1. The van der Waals surface area contributed by atoms with E-state index < -0.39 is 0 Å². The van der Waals surface area contributed by atoms with Gasteiger partial charge >= 0.3 is 0 Å². The number of hydrogen-bond acceptors (Lipinski definition) is 2. The first kappa shape index (κ1) is 20.3. The van der Waals surface area contributed by atoms with E-state index in [0.29, 0.717) is 0 Å². The zero-order valence-corrected chi connectivity index (χ0v) is 15.4. The lowest BCUT2D eigenvalue weighted by Crippen LogP contribution is -2.32. The smallest absolute Gasteiger partial charge is 0.0158 e. The highest BCUT2D eigenvalue weighted by Gasteiger charge is 2.08. The van der Waals surface area contributed by atoms with Crippen LogP contribution in [0, 0.1) is 5.92 Å². The van der Waals surface area contributed by atoms with Gasteiger partial charge in [0, 0.05) is 11.8 Å². The van der Waals surface area contributed by atoms with Crippen LogP contribution in [0.4, 0.5) is 0 Å². The standard InChI is InChI=1S/C18H39NS/c1-5-7-8-9-10-11-12-13-18(19-14-6-2)16-20-15-17(3)4/h17-19H,5-16H2,1-4H3. The first-order valence-electron chi connectivity index (χ1n) is 9.01. The Morgan fingerprint density at radius 2 is 1.45 bits per heavy atom. The van der Waals surface area contributed by atoms with Gasteiger partial charge in [0.05, 0.1) is 0 Å². The van der Waals surface area contributed by atoms with Gasteiger partial charge in [0.15, 0.2) is 0 Å². The summed E-state index contributed by atoms with van der Waals surface area (Å²) in [5.41, 5.74) is 0. The normalized spacial score (nSPS) is 13.1. The summed E-state index contributed by atoms with van der Waals surface area (Å²) in [5.74, 6) is 3.43. The fourth-order valence-electron chi connectivity index (χ4n) is 2.39. The minimum absolute atomic E-state index is 0.745. The monoisotopic (exact) mass is 301 g/mol. The fourth-order valence-corrected chi connectivity index (χ4v) is 3.56. The van der Waals surface area contributed by atoms with Crippen LogP contribution in [0.2, 0.25) is 0 Å². The van der Waals surface area contributed by atoms with Gasteiger partial charge in [-0.1, -0.05) is 72.6 Å². The van der Waals surface area contributed by atoms with Crippen molar-refractivity contribution in [3.63, 3.8) is 0 Å². The van der Waals surface area contributed by atoms with E-state index >= 15 is 0 Å². The van der Waals surface area contributed by atoms with Crippen molar-refractivity contribution >= 4 is 11.8 Å². The van der Waals surface area contributed by atoms with Crippen LogP contribution in [-0.4, -0.2) is 24.1 Å². The SMILES string of the molecule is CCCCCCCCCC(CSCC(C)C)NCCC. The van der Waals surface area contributed by atoms with Crippen molar-refractivity contribution in [1.82, 2.24) is 5.32 Å². The number of nitrogens with one attached hydrogen (secondary N) is 1. The highest BCUT2D eigenvalue weighted by Crippen LogP contribution is 2.14. The van der Waals surface area contributed by atoms with Crippen molar-refractivity contribution in [3.05, 3.63) is 0 Å². The van der Waals surface area contributed by atoms with Gasteiger partial charge in [0.25, 0.3) is 0 Å². The molecule has 122 valence electrons. The van der Waals surface area contributed by atoms with Gasteiger partial charge in [-0.3, -0.25) is 0 Å². The zero-order chi connectivity index (χ0) is 15.1. The van der Waals surface area contributed by atoms with Crippen LogP contribution in [-0.2, 0) is 0 Å². The lowest BCUT2D eigenvalue weighted by atomic mass is 10.1. The fraction of sp³-hybridized carbons (Fsp3) is 1.00. The summed E-state index contributed by atoms with van der Waals surface area (Å²) in [7, 11) is 0. The lowest BCUT2D eigenvalue weighted by Gasteiger charge is -2.18. The number of thioether (sulfide) groups is 1. The highest BCUT2D eigenvalue weighted by molar-refractivity contribution is 7.99. The Hall–Kier alpha value is 0.310. The Labute approximate surface area is 133 Å². The molecule has 20 heavy (non-hydrogen) atoms. The molecule has 0 aliphatic rings. The molecule has 0 aromatic rings. The molecule has 0 saturated heterocycles. The molecule has 1 unspecified atom stereocenters. The first-order chi connectivity index (χ1) is 9.70. The zero-order valence-electron chi connectivity index (χ0n) is 14.5. The van der Waals surface area contributed by atoms with Crippen LogP contribution >= 0.6 is 11.8 Å². The minimum Gasteiger partial charge on any atom is -0.313 e. The molecule has 0 aromatic heterocycles. The quantitative estimate of drug-likeness (QED) is 0.379. The van der Waals surface area contributed by atoms with Crippen LogP contribution in [0.5, 0.6) is 0 Å². The summed E-state index contributed by atoms with van der Waals surface area (Å²) in [6.07, 6.45) is 12.6. The maximum absolute atomic E-state index is 3.73. The molecule has 0 amide bonds. The van der Waals surface area contributed by atoms with E-state index in [9.17, 15) is 0 Å². The van der Waals surface area contributed by atoms with E-state index in [1.165, 1.54) is 75.8 Å². The van der Waals surface area contributed by atoms with Crippen LogP contribution in [0.3, 0.4) is 0 Å². The van der Waals surface area contributed by atoms with Crippen molar-refractivity contribution in [3.8, 4) is 0 Å². The average molecular weight is 302 g/mol. The Bertz CT molecular complexity index is 182. The topological polar surface area (TPSA) is 12.0 Å². The van der Waals surface area contributed by atoms with E-state index in [4.69, 9.17) is 0 Å². The van der Waals surface area contributed by atoms with E-state index in [1.54, 1.807) is 0 Å². The minimum atomic E-state index is 0.745. The van der Waals surface area contributed by atoms with Gasteiger partial charge in [0.2, 0.25) is 0 Å². The molecule has 0 saturated carbocycles. The van der Waals surface area contributed by atoms with Crippen molar-refractivity contribution < 1.29 is 0 Å². The lowest BCUT2D eigenvalue weighted by molar-refractivity contribution is 0.482. The molecule has 0 fully saturated rings. The Morgan fingerprint density at radius 3 is 2.05 bits per heavy atom. The van der Waals surface area contributed by atoms with Crippen LogP contribution in [0.15, 0.2) is 0 Å². The third kappa shape index (κ3) is 14.7. The van der Waals surface area contributed by atoms with Crippen molar-refractivity contribution in [1.29, 1.82) is 0 Å². The molecular formula is C18H39NS. The second-order valence-electron chi connectivity index (χ2n) is 6.49. The third-order valence-corrected chi connectivity index (χ3v) is 5.15. The molecule has 1 atom stereocenters. The average Bonchev–Trinajstić information content (AvgIpc) is 2.42. The summed E-state index contributed by atoms with van der Waals surface area (Å²) in [6, 6.07) is 0.745. The third-order valence-electron chi connectivity index (χ3n) is 3.61. The van der Waals surface area contributed by atoms with Gasteiger partial charge in [-0.05, 0) is 31.1 Å². The van der Waals surface area contributed by atoms with E-state index in [2.05, 4.69) is 44.8 Å². The van der Waals surface area contributed by atoms with E-state index in [0.717, 1.165) is 12.0 Å². The van der Waals surface area contributed by atoms with Crippen molar-refractivity contribution in [2.24, 2.45) is 5.92 Å². The Kier molecular flexibility index (Phi) is 15.9. The molecule has 0 heterocycles. The number of unbranched alkanes of at least 4 members (excludes halogenated alkanes) is 6. The van der Waals surface area contributed by atoms with Crippen molar-refractivity contribution in [2.75, 3.05) is 18.1 Å². The molecule has 0 rings (SSSR count). The van der Waals surface area contributed by atoms with Crippen LogP contribution < -0.4 is 5.32 Å². The Balaban J connectivity index is 3.58. The van der Waals surface area contributed by atoms with Gasteiger partial charge in [-0.25, -0.2) is 0 Å². The summed E-state index contributed by atoms with van der Waals surface area (Å²) < 4.78 is 0. The maximum Gasteiger partial charge on any atom is 0.0158 e. The predicted molar refractivity (Wildman–Crippen MR) is 96.9 cm³/mol. The summed E-state index contributed by atoms with van der Waals surface area (Å²) in [6.45, 7) is 10.4. The second kappa shape index (κ2) is 15.7. The molecule has 0 aromatic carbocycles. The van der Waals surface area contributed by atoms with Gasteiger partial charge in [-0.15, -0.1) is 0 Å². The van der Waals surface area contributed by atoms with E-state index in [-0.39, 0.29) is 0 Å². The van der Waals surface area contributed by atoms with E-state index in [1.807, 2.05) is 0 Å². The Morgan fingerprint density at radius 1 is 0.800 bits per heavy atom. The molecule has 0 bridgehead atoms. The molecule has 1 nitrogen and oxygen atoms in total. The molecule has 0 spiro atoms. The van der Waals surface area contributed by atoms with Gasteiger partial charge in [0.1, 0.15) is 0 Å². The molecule has 1 N–H and O–H groups in total. The van der Waals surface area contributed by atoms with Gasteiger partial charge in [-0.2, -0.15) is 11.8 Å². The van der Waals surface area contributed by atoms with Crippen LogP contribution in [0.25, 0.3) is 0 Å². The van der Waals surface area contributed by atoms with Crippen LogP contribution in [0.1, 0.15) is 85.5 Å². The molecule has 0 radical (unpaired) electrons.